The predicted molar refractivity (Wildman–Crippen MR) is 89.5 cm³/mol. The predicted octanol–water partition coefficient (Wildman–Crippen LogP) is 4.55. The third-order valence-corrected chi connectivity index (χ3v) is 3.92. The van der Waals surface area contributed by atoms with E-state index in [9.17, 15) is 4.79 Å². The van der Waals surface area contributed by atoms with Crippen LogP contribution >= 0.6 is 0 Å². The minimum atomic E-state index is -0.0213. The number of aryl methyl sites for hydroxylation is 1. The Labute approximate surface area is 132 Å². The molecule has 0 aliphatic heterocycles. The van der Waals surface area contributed by atoms with Gasteiger partial charge in [0.15, 0.2) is 11.4 Å². The van der Waals surface area contributed by atoms with Gasteiger partial charge in [-0.1, -0.05) is 30.3 Å². The molecule has 0 saturated carbocycles. The van der Waals surface area contributed by atoms with E-state index >= 15 is 0 Å². The first kappa shape index (κ1) is 13.6. The van der Waals surface area contributed by atoms with Crippen molar-refractivity contribution >= 4 is 27.9 Å². The lowest BCUT2D eigenvalue weighted by Crippen LogP contribution is -1.93. The zero-order valence-electron chi connectivity index (χ0n) is 12.8. The van der Waals surface area contributed by atoms with Crippen molar-refractivity contribution in [2.75, 3.05) is 0 Å². The van der Waals surface area contributed by atoms with Gasteiger partial charge in [0.05, 0.1) is 5.56 Å². The van der Waals surface area contributed by atoms with Gasteiger partial charge in [-0.05, 0) is 31.5 Å². The quantitative estimate of drug-likeness (QED) is 0.510. The van der Waals surface area contributed by atoms with Gasteiger partial charge in [-0.15, -0.1) is 0 Å². The molecule has 2 aromatic heterocycles. The zero-order chi connectivity index (χ0) is 16.0. The highest BCUT2D eigenvalue weighted by atomic mass is 16.3. The Kier molecular flexibility index (Phi) is 2.98. The van der Waals surface area contributed by atoms with Gasteiger partial charge in [-0.3, -0.25) is 4.79 Å². The molecule has 0 spiro atoms. The summed E-state index contributed by atoms with van der Waals surface area (Å²) in [7, 11) is 0. The molecular formula is C19H14N2O2. The van der Waals surface area contributed by atoms with Crippen LogP contribution in [0.1, 0.15) is 22.8 Å². The fraction of sp³-hybridized carbons (Fsp3) is 0.105. The van der Waals surface area contributed by atoms with Gasteiger partial charge in [0.25, 0.3) is 0 Å². The molecule has 2 heterocycles. The summed E-state index contributed by atoms with van der Waals surface area (Å²) in [5, 5.41) is 0.852. The summed E-state index contributed by atoms with van der Waals surface area (Å²) in [6.07, 6.45) is 1.54. The topological polar surface area (TPSA) is 56.0 Å². The Bertz CT molecular complexity index is 1050. The number of nitrogens with zero attached hydrogens (tertiary/aromatic N) is 2. The third kappa shape index (κ3) is 2.11. The molecule has 0 bridgehead atoms. The lowest BCUT2D eigenvalue weighted by molar-refractivity contribution is 0.101. The van der Waals surface area contributed by atoms with E-state index in [1.807, 2.05) is 49.4 Å². The summed E-state index contributed by atoms with van der Waals surface area (Å²) in [4.78, 5) is 20.7. The maximum atomic E-state index is 11.9. The molecule has 0 atom stereocenters. The number of furan rings is 1. The molecule has 0 aliphatic rings. The van der Waals surface area contributed by atoms with E-state index in [-0.39, 0.29) is 5.78 Å². The van der Waals surface area contributed by atoms with E-state index in [2.05, 4.69) is 9.97 Å². The van der Waals surface area contributed by atoms with E-state index < -0.39 is 0 Å². The minimum absolute atomic E-state index is 0.0213. The van der Waals surface area contributed by atoms with E-state index in [0.717, 1.165) is 27.7 Å². The molecule has 4 aromatic rings. The molecule has 0 radical (unpaired) electrons. The summed E-state index contributed by atoms with van der Waals surface area (Å²) in [5.41, 5.74) is 5.21. The minimum Gasteiger partial charge on any atom is -0.451 e. The average molecular weight is 302 g/mol. The van der Waals surface area contributed by atoms with Crippen LogP contribution in [0.25, 0.3) is 33.3 Å². The summed E-state index contributed by atoms with van der Waals surface area (Å²) in [6, 6.07) is 13.7. The Morgan fingerprint density at radius 3 is 2.57 bits per heavy atom. The molecule has 2 aromatic carbocycles. The molecular weight excluding hydrogens is 288 g/mol. The van der Waals surface area contributed by atoms with Gasteiger partial charge in [-0.25, -0.2) is 9.97 Å². The smallest absolute Gasteiger partial charge is 0.180 e. The highest BCUT2D eigenvalue weighted by molar-refractivity contribution is 6.13. The van der Waals surface area contributed by atoms with Gasteiger partial charge in [-0.2, -0.15) is 0 Å². The number of carbonyl (C=O) groups is 1. The number of aromatic nitrogens is 2. The van der Waals surface area contributed by atoms with Crippen molar-refractivity contribution in [2.24, 2.45) is 0 Å². The first-order chi connectivity index (χ1) is 11.1. The van der Waals surface area contributed by atoms with Crippen molar-refractivity contribution in [3.8, 4) is 11.3 Å². The first-order valence-corrected chi connectivity index (χ1v) is 7.39. The largest absolute Gasteiger partial charge is 0.451 e. The lowest BCUT2D eigenvalue weighted by Gasteiger charge is -1.99. The molecule has 0 amide bonds. The number of ketones is 1. The Morgan fingerprint density at radius 2 is 1.83 bits per heavy atom. The Morgan fingerprint density at radius 1 is 1.04 bits per heavy atom. The molecule has 4 nitrogen and oxygen atoms in total. The standard InChI is InChI=1S/C19H14N2O2/c1-11-8-14(12(2)22)18-15(9-11)17-19(23-18)16(20-10-21-17)13-6-4-3-5-7-13/h3-10H,1-2H3. The molecule has 0 fully saturated rings. The second-order valence-corrected chi connectivity index (χ2v) is 5.61. The van der Waals surface area contributed by atoms with Crippen LogP contribution in [0.2, 0.25) is 0 Å². The Balaban J connectivity index is 2.14. The second-order valence-electron chi connectivity index (χ2n) is 5.61. The number of hydrogen-bond donors (Lipinski definition) is 0. The number of hydrogen-bond acceptors (Lipinski definition) is 4. The summed E-state index contributed by atoms with van der Waals surface area (Å²) < 4.78 is 6.04. The summed E-state index contributed by atoms with van der Waals surface area (Å²) in [5.74, 6) is -0.0213. The molecule has 0 aliphatic carbocycles. The average Bonchev–Trinajstić information content (AvgIpc) is 2.93. The number of benzene rings is 2. The van der Waals surface area contributed by atoms with E-state index in [1.165, 1.54) is 6.33 Å². The zero-order valence-corrected chi connectivity index (χ0v) is 12.8. The van der Waals surface area contributed by atoms with Crippen LogP contribution in [0.5, 0.6) is 0 Å². The number of fused-ring (bicyclic) bond motifs is 3. The van der Waals surface area contributed by atoms with Crippen LogP contribution in [0, 0.1) is 6.92 Å². The molecule has 4 rings (SSSR count). The fourth-order valence-electron chi connectivity index (χ4n) is 2.89. The fourth-order valence-corrected chi connectivity index (χ4v) is 2.89. The van der Waals surface area contributed by atoms with Crippen LogP contribution in [0.15, 0.2) is 53.2 Å². The van der Waals surface area contributed by atoms with Crippen LogP contribution in [0.3, 0.4) is 0 Å². The molecule has 4 heteroatoms. The van der Waals surface area contributed by atoms with Crippen LogP contribution < -0.4 is 0 Å². The van der Waals surface area contributed by atoms with Crippen LogP contribution in [-0.4, -0.2) is 15.8 Å². The molecule has 23 heavy (non-hydrogen) atoms. The first-order valence-electron chi connectivity index (χ1n) is 7.39. The van der Waals surface area contributed by atoms with Crippen molar-refractivity contribution in [2.45, 2.75) is 13.8 Å². The van der Waals surface area contributed by atoms with Gasteiger partial charge < -0.3 is 4.42 Å². The van der Waals surface area contributed by atoms with Crippen LogP contribution in [0.4, 0.5) is 0 Å². The van der Waals surface area contributed by atoms with E-state index in [1.54, 1.807) is 6.92 Å². The lowest BCUT2D eigenvalue weighted by atomic mass is 10.0. The van der Waals surface area contributed by atoms with Crippen molar-refractivity contribution in [1.29, 1.82) is 0 Å². The summed E-state index contributed by atoms with van der Waals surface area (Å²) in [6.45, 7) is 3.51. The van der Waals surface area contributed by atoms with E-state index in [0.29, 0.717) is 16.7 Å². The molecule has 112 valence electrons. The van der Waals surface area contributed by atoms with Crippen molar-refractivity contribution in [3.63, 3.8) is 0 Å². The number of carbonyl (C=O) groups excluding carboxylic acids is 1. The maximum Gasteiger partial charge on any atom is 0.180 e. The molecule has 0 unspecified atom stereocenters. The van der Waals surface area contributed by atoms with Gasteiger partial charge in [0.2, 0.25) is 0 Å². The third-order valence-electron chi connectivity index (χ3n) is 3.92. The van der Waals surface area contributed by atoms with E-state index in [4.69, 9.17) is 4.42 Å². The molecule has 0 saturated heterocycles. The maximum absolute atomic E-state index is 11.9. The van der Waals surface area contributed by atoms with Crippen molar-refractivity contribution in [1.82, 2.24) is 9.97 Å². The van der Waals surface area contributed by atoms with Gasteiger partial charge in [0.1, 0.15) is 23.1 Å². The highest BCUT2D eigenvalue weighted by Crippen LogP contribution is 2.35. The highest BCUT2D eigenvalue weighted by Gasteiger charge is 2.18. The van der Waals surface area contributed by atoms with Crippen molar-refractivity contribution < 1.29 is 9.21 Å². The van der Waals surface area contributed by atoms with Crippen molar-refractivity contribution in [3.05, 3.63) is 59.9 Å². The monoisotopic (exact) mass is 302 g/mol. The number of Topliss-reactive ketones (excluding diaryl/α,β-unsaturated/α-hetero) is 1. The Hall–Kier alpha value is -3.01. The second kappa shape index (κ2) is 5.02. The normalized spacial score (nSPS) is 11.2. The number of rotatable bonds is 2. The SMILES string of the molecule is CC(=O)c1cc(C)cc2c1oc1c(-c3ccccc3)ncnc12. The van der Waals surface area contributed by atoms with Crippen LogP contribution in [-0.2, 0) is 0 Å². The van der Waals surface area contributed by atoms with Gasteiger partial charge >= 0.3 is 0 Å². The summed E-state index contributed by atoms with van der Waals surface area (Å²) >= 11 is 0. The molecule has 0 N–H and O–H groups in total. The van der Waals surface area contributed by atoms with Gasteiger partial charge in [0, 0.05) is 10.9 Å².